The first-order valence-corrected chi connectivity index (χ1v) is 6.30. The van der Waals surface area contributed by atoms with E-state index in [2.05, 4.69) is 5.32 Å². The van der Waals surface area contributed by atoms with E-state index in [1.807, 2.05) is 0 Å². The van der Waals surface area contributed by atoms with Gasteiger partial charge in [-0.15, -0.1) is 0 Å². The van der Waals surface area contributed by atoms with E-state index in [1.54, 1.807) is 0 Å². The Hall–Kier alpha value is -1.43. The minimum atomic E-state index is -3.51. The molecule has 0 aromatic heterocycles. The molecule has 0 radical (unpaired) electrons. The van der Waals surface area contributed by atoms with Crippen LogP contribution in [0.2, 0.25) is 0 Å². The van der Waals surface area contributed by atoms with Gasteiger partial charge in [0.2, 0.25) is 5.91 Å². The maximum atomic E-state index is 12.6. The molecule has 0 unspecified atom stereocenters. The Kier molecular flexibility index (Phi) is 4.00. The van der Waals surface area contributed by atoms with Crippen molar-refractivity contribution in [3.05, 3.63) is 30.1 Å². The molecule has 0 aliphatic rings. The number of hydrogen-bond donors (Lipinski definition) is 1. The smallest absolute Gasteiger partial charge is 0.220 e. The Labute approximate surface area is 93.4 Å². The minimum Gasteiger partial charge on any atom is -0.359 e. The molecule has 0 atom stereocenters. The lowest BCUT2D eigenvalue weighted by Gasteiger charge is -2.03. The van der Waals surface area contributed by atoms with Crippen LogP contribution in [0.5, 0.6) is 0 Å². The van der Waals surface area contributed by atoms with Crippen molar-refractivity contribution in [3.63, 3.8) is 0 Å². The molecule has 1 amide bonds. The summed E-state index contributed by atoms with van der Waals surface area (Å²) in [7, 11) is -2.07. The summed E-state index contributed by atoms with van der Waals surface area (Å²) < 4.78 is 35.9. The fraction of sp³-hybridized carbons (Fsp3) is 0.300. The monoisotopic (exact) mass is 245 g/mol. The molecule has 0 saturated carbocycles. The van der Waals surface area contributed by atoms with Crippen molar-refractivity contribution in [3.8, 4) is 0 Å². The van der Waals surface area contributed by atoms with Crippen molar-refractivity contribution in [2.45, 2.75) is 11.3 Å². The number of benzene rings is 1. The third kappa shape index (κ3) is 3.30. The van der Waals surface area contributed by atoms with Gasteiger partial charge in [-0.25, -0.2) is 12.8 Å². The van der Waals surface area contributed by atoms with E-state index >= 15 is 0 Å². The third-order valence-electron chi connectivity index (χ3n) is 2.05. The molecule has 0 heterocycles. The molecule has 88 valence electrons. The van der Waals surface area contributed by atoms with Crippen LogP contribution in [0.1, 0.15) is 6.42 Å². The highest BCUT2D eigenvalue weighted by Gasteiger charge is 2.15. The average Bonchev–Trinajstić information content (AvgIpc) is 2.26. The van der Waals surface area contributed by atoms with Crippen molar-refractivity contribution < 1.29 is 17.6 Å². The molecule has 16 heavy (non-hydrogen) atoms. The van der Waals surface area contributed by atoms with Crippen LogP contribution in [0, 0.1) is 5.82 Å². The molecule has 6 heteroatoms. The highest BCUT2D eigenvalue weighted by molar-refractivity contribution is 7.91. The molecule has 0 saturated heterocycles. The van der Waals surface area contributed by atoms with Crippen LogP contribution in [-0.4, -0.2) is 27.1 Å². The van der Waals surface area contributed by atoms with E-state index in [0.717, 1.165) is 12.1 Å². The van der Waals surface area contributed by atoms with Gasteiger partial charge in [-0.1, -0.05) is 0 Å². The number of sulfone groups is 1. The normalized spacial score (nSPS) is 11.1. The summed E-state index contributed by atoms with van der Waals surface area (Å²) >= 11 is 0. The van der Waals surface area contributed by atoms with Gasteiger partial charge in [-0.05, 0) is 24.3 Å². The third-order valence-corrected chi connectivity index (χ3v) is 3.78. The Morgan fingerprint density at radius 3 is 2.38 bits per heavy atom. The molecule has 1 aromatic carbocycles. The Bertz CT molecular complexity index is 467. The zero-order valence-corrected chi connectivity index (χ0v) is 9.55. The van der Waals surface area contributed by atoms with Crippen LogP contribution in [0.4, 0.5) is 4.39 Å². The number of amides is 1. The second kappa shape index (κ2) is 5.07. The molecule has 0 bridgehead atoms. The molecule has 0 aliphatic heterocycles. The van der Waals surface area contributed by atoms with Crippen molar-refractivity contribution in [2.24, 2.45) is 0 Å². The van der Waals surface area contributed by atoms with Crippen LogP contribution in [0.15, 0.2) is 29.2 Å². The van der Waals surface area contributed by atoms with E-state index < -0.39 is 15.7 Å². The van der Waals surface area contributed by atoms with Crippen LogP contribution in [0.25, 0.3) is 0 Å². The number of nitrogens with one attached hydrogen (secondary N) is 1. The summed E-state index contributed by atoms with van der Waals surface area (Å²) in [4.78, 5) is 10.9. The van der Waals surface area contributed by atoms with E-state index in [4.69, 9.17) is 0 Å². The van der Waals surface area contributed by atoms with Gasteiger partial charge in [0.05, 0.1) is 10.6 Å². The molecular weight excluding hydrogens is 233 g/mol. The molecule has 1 aromatic rings. The molecule has 0 fully saturated rings. The van der Waals surface area contributed by atoms with Gasteiger partial charge in [0.25, 0.3) is 0 Å². The SMILES string of the molecule is CNC(=O)CCS(=O)(=O)c1ccc(F)cc1. The first kappa shape index (κ1) is 12.6. The number of carbonyl (C=O) groups excluding carboxylic acids is 1. The van der Waals surface area contributed by atoms with Gasteiger partial charge < -0.3 is 5.32 Å². The minimum absolute atomic E-state index is 0.0257. The van der Waals surface area contributed by atoms with Gasteiger partial charge in [-0.3, -0.25) is 4.79 Å². The van der Waals surface area contributed by atoms with E-state index in [1.165, 1.54) is 19.2 Å². The summed E-state index contributed by atoms with van der Waals surface area (Å²) in [6.45, 7) is 0. The molecule has 1 rings (SSSR count). The lowest BCUT2D eigenvalue weighted by atomic mass is 10.4. The first-order valence-electron chi connectivity index (χ1n) is 4.64. The van der Waals surface area contributed by atoms with Gasteiger partial charge >= 0.3 is 0 Å². The molecule has 0 spiro atoms. The lowest BCUT2D eigenvalue weighted by Crippen LogP contribution is -2.21. The zero-order chi connectivity index (χ0) is 12.2. The number of hydrogen-bond acceptors (Lipinski definition) is 3. The molecule has 0 aliphatic carbocycles. The van der Waals surface area contributed by atoms with E-state index in [9.17, 15) is 17.6 Å². The predicted molar refractivity (Wildman–Crippen MR) is 57.1 cm³/mol. The topological polar surface area (TPSA) is 63.2 Å². The zero-order valence-electron chi connectivity index (χ0n) is 8.73. The van der Waals surface area contributed by atoms with Crippen LogP contribution in [-0.2, 0) is 14.6 Å². The molecule has 1 N–H and O–H groups in total. The number of rotatable bonds is 4. The maximum Gasteiger partial charge on any atom is 0.220 e. The Balaban J connectivity index is 2.78. The highest BCUT2D eigenvalue weighted by Crippen LogP contribution is 2.12. The summed E-state index contributed by atoms with van der Waals surface area (Å²) in [6.07, 6.45) is -0.101. The van der Waals surface area contributed by atoms with Crippen molar-refractivity contribution in [2.75, 3.05) is 12.8 Å². The fourth-order valence-corrected chi connectivity index (χ4v) is 2.35. The summed E-state index contributed by atoms with van der Waals surface area (Å²) in [5.41, 5.74) is 0. The van der Waals surface area contributed by atoms with Crippen molar-refractivity contribution >= 4 is 15.7 Å². The quantitative estimate of drug-likeness (QED) is 0.796. The summed E-state index contributed by atoms with van der Waals surface area (Å²) in [5, 5.41) is 2.33. The Morgan fingerprint density at radius 2 is 1.88 bits per heavy atom. The van der Waals surface area contributed by atoms with Gasteiger partial charge in [0.1, 0.15) is 5.82 Å². The van der Waals surface area contributed by atoms with Gasteiger partial charge in [0.15, 0.2) is 9.84 Å². The van der Waals surface area contributed by atoms with Crippen molar-refractivity contribution in [1.82, 2.24) is 5.32 Å². The summed E-state index contributed by atoms with van der Waals surface area (Å²) in [6, 6.07) is 4.53. The second-order valence-corrected chi connectivity index (χ2v) is 5.31. The Morgan fingerprint density at radius 1 is 1.31 bits per heavy atom. The average molecular weight is 245 g/mol. The van der Waals surface area contributed by atoms with Crippen LogP contribution in [0.3, 0.4) is 0 Å². The lowest BCUT2D eigenvalue weighted by molar-refractivity contribution is -0.120. The molecule has 4 nitrogen and oxygen atoms in total. The van der Waals surface area contributed by atoms with Gasteiger partial charge in [-0.2, -0.15) is 0 Å². The highest BCUT2D eigenvalue weighted by atomic mass is 32.2. The standard InChI is InChI=1S/C10H12FNO3S/c1-12-10(13)6-7-16(14,15)9-4-2-8(11)3-5-9/h2-5H,6-7H2,1H3,(H,12,13). The molecular formula is C10H12FNO3S. The second-order valence-electron chi connectivity index (χ2n) is 3.20. The first-order chi connectivity index (χ1) is 7.45. The number of carbonyl (C=O) groups is 1. The fourth-order valence-electron chi connectivity index (χ4n) is 1.11. The number of halogens is 1. The van der Waals surface area contributed by atoms with Crippen LogP contribution < -0.4 is 5.32 Å². The maximum absolute atomic E-state index is 12.6. The van der Waals surface area contributed by atoms with E-state index in [0.29, 0.717) is 0 Å². The van der Waals surface area contributed by atoms with E-state index in [-0.39, 0.29) is 23.0 Å². The van der Waals surface area contributed by atoms with Crippen molar-refractivity contribution in [1.29, 1.82) is 0 Å². The van der Waals surface area contributed by atoms with Gasteiger partial charge in [0, 0.05) is 13.5 Å². The van der Waals surface area contributed by atoms with Crippen LogP contribution >= 0.6 is 0 Å². The predicted octanol–water partition coefficient (Wildman–Crippen LogP) is 0.736. The summed E-state index contributed by atoms with van der Waals surface area (Å²) in [5.74, 6) is -1.12. The largest absolute Gasteiger partial charge is 0.359 e.